The molecular formula is C21H27BrFN3O2. The molecular weight excluding hydrogens is 425 g/mol. The molecule has 0 aliphatic heterocycles. The number of carbonyl (C=O) groups excluding carboxylic acids is 1. The van der Waals surface area contributed by atoms with Gasteiger partial charge in [0.25, 0.3) is 11.5 Å². The molecule has 1 aromatic heterocycles. The predicted octanol–water partition coefficient (Wildman–Crippen LogP) is 4.59. The Morgan fingerprint density at radius 2 is 1.96 bits per heavy atom. The Kier molecular flexibility index (Phi) is 7.80. The van der Waals surface area contributed by atoms with Gasteiger partial charge in [0.05, 0.1) is 21.8 Å². The van der Waals surface area contributed by atoms with E-state index in [1.807, 2.05) is 19.9 Å². The van der Waals surface area contributed by atoms with Crippen LogP contribution in [0, 0.1) is 19.7 Å². The van der Waals surface area contributed by atoms with E-state index in [9.17, 15) is 14.0 Å². The molecule has 1 aromatic carbocycles. The van der Waals surface area contributed by atoms with E-state index >= 15 is 0 Å². The van der Waals surface area contributed by atoms with Gasteiger partial charge in [-0.2, -0.15) is 0 Å². The van der Waals surface area contributed by atoms with Gasteiger partial charge in [-0.15, -0.1) is 0 Å². The molecule has 28 heavy (non-hydrogen) atoms. The number of halogens is 2. The number of amides is 1. The molecule has 1 atom stereocenters. The van der Waals surface area contributed by atoms with Gasteiger partial charge in [-0.3, -0.25) is 9.59 Å². The maximum Gasteiger partial charge on any atom is 0.283 e. The Morgan fingerprint density at radius 1 is 1.25 bits per heavy atom. The van der Waals surface area contributed by atoms with Crippen molar-refractivity contribution in [2.75, 3.05) is 12.0 Å². The van der Waals surface area contributed by atoms with E-state index in [0.29, 0.717) is 34.3 Å². The summed E-state index contributed by atoms with van der Waals surface area (Å²) in [6.07, 6.45) is 2.36. The number of hydrogen-bond acceptors (Lipinski definition) is 3. The molecule has 0 fully saturated rings. The maximum absolute atomic E-state index is 13.7. The zero-order chi connectivity index (χ0) is 20.8. The summed E-state index contributed by atoms with van der Waals surface area (Å²) in [5, 5.41) is 3.02. The van der Waals surface area contributed by atoms with Crippen LogP contribution in [0.25, 0.3) is 0 Å². The molecule has 1 amide bonds. The highest BCUT2D eigenvalue weighted by molar-refractivity contribution is 9.10. The standard InChI is InChI=1S/C21H27BrFN3O2/c1-5-8-17(15-9-7-10-16(23)12-15)25-20(27)18-13(3)19(22)21(28)26(14(18)4)24-11-6-2/h7,9-10,12,17,24H,5-6,8,11H2,1-4H3,(H,25,27). The maximum atomic E-state index is 13.7. The third-order valence-corrected chi connectivity index (χ3v) is 5.61. The van der Waals surface area contributed by atoms with Crippen molar-refractivity contribution in [2.24, 2.45) is 0 Å². The molecule has 0 saturated carbocycles. The SMILES string of the molecule is CCCNn1c(C)c(C(=O)NC(CCC)c2cccc(F)c2)c(C)c(Br)c1=O. The Balaban J connectivity index is 2.44. The summed E-state index contributed by atoms with van der Waals surface area (Å²) in [5.74, 6) is -0.620. The Hall–Kier alpha value is -2.15. The normalized spacial score (nSPS) is 11.9. The number of nitrogens with one attached hydrogen (secondary N) is 2. The van der Waals surface area contributed by atoms with Crippen LogP contribution in [0.1, 0.15) is 66.3 Å². The minimum absolute atomic E-state index is 0.227. The van der Waals surface area contributed by atoms with E-state index in [0.717, 1.165) is 18.4 Å². The lowest BCUT2D eigenvalue weighted by Gasteiger charge is -2.22. The third kappa shape index (κ3) is 4.82. The average molecular weight is 452 g/mol. The lowest BCUT2D eigenvalue weighted by atomic mass is 10.0. The quantitative estimate of drug-likeness (QED) is 0.616. The molecule has 0 saturated heterocycles. The van der Waals surface area contributed by atoms with Crippen LogP contribution in [0.15, 0.2) is 33.5 Å². The van der Waals surface area contributed by atoms with Crippen LogP contribution in [-0.4, -0.2) is 17.1 Å². The van der Waals surface area contributed by atoms with Crippen molar-refractivity contribution in [1.29, 1.82) is 0 Å². The third-order valence-electron chi connectivity index (χ3n) is 4.67. The van der Waals surface area contributed by atoms with Gasteiger partial charge in [-0.1, -0.05) is 32.4 Å². The van der Waals surface area contributed by atoms with Crippen molar-refractivity contribution in [3.05, 3.63) is 67.3 Å². The van der Waals surface area contributed by atoms with E-state index in [2.05, 4.69) is 26.7 Å². The average Bonchev–Trinajstić information content (AvgIpc) is 2.66. The molecule has 2 rings (SSSR count). The minimum atomic E-state index is -0.333. The van der Waals surface area contributed by atoms with Crippen molar-refractivity contribution in [2.45, 2.75) is 53.0 Å². The summed E-state index contributed by atoms with van der Waals surface area (Å²) in [5.41, 5.74) is 5.13. The molecule has 5 nitrogen and oxygen atoms in total. The van der Waals surface area contributed by atoms with E-state index in [1.54, 1.807) is 19.9 Å². The molecule has 0 spiro atoms. The highest BCUT2D eigenvalue weighted by atomic mass is 79.9. The van der Waals surface area contributed by atoms with Crippen molar-refractivity contribution in [3.8, 4) is 0 Å². The zero-order valence-electron chi connectivity index (χ0n) is 16.7. The van der Waals surface area contributed by atoms with E-state index in [4.69, 9.17) is 0 Å². The first-order valence-corrected chi connectivity index (χ1v) is 10.3. The van der Waals surface area contributed by atoms with Crippen molar-refractivity contribution in [1.82, 2.24) is 9.99 Å². The monoisotopic (exact) mass is 451 g/mol. The van der Waals surface area contributed by atoms with Gasteiger partial charge < -0.3 is 10.7 Å². The fourth-order valence-electron chi connectivity index (χ4n) is 3.22. The lowest BCUT2D eigenvalue weighted by Crippen LogP contribution is -2.37. The molecule has 7 heteroatoms. The molecule has 0 aliphatic carbocycles. The second-order valence-electron chi connectivity index (χ2n) is 6.82. The van der Waals surface area contributed by atoms with Crippen LogP contribution in [-0.2, 0) is 0 Å². The minimum Gasteiger partial charge on any atom is -0.345 e. The Labute approximate surface area is 173 Å². The molecule has 0 aliphatic rings. The first kappa shape index (κ1) is 22.1. The van der Waals surface area contributed by atoms with Gasteiger partial charge in [-0.25, -0.2) is 9.07 Å². The van der Waals surface area contributed by atoms with Crippen LogP contribution < -0.4 is 16.3 Å². The first-order chi connectivity index (χ1) is 13.3. The van der Waals surface area contributed by atoms with Crippen LogP contribution in [0.2, 0.25) is 0 Å². The number of rotatable bonds is 8. The van der Waals surface area contributed by atoms with Gasteiger partial charge in [0.15, 0.2) is 0 Å². The number of nitrogens with zero attached hydrogens (tertiary/aromatic N) is 1. The van der Waals surface area contributed by atoms with Crippen LogP contribution in [0.5, 0.6) is 0 Å². The van der Waals surface area contributed by atoms with Crippen molar-refractivity contribution < 1.29 is 9.18 Å². The number of carbonyl (C=O) groups is 1. The van der Waals surface area contributed by atoms with Crippen molar-refractivity contribution in [3.63, 3.8) is 0 Å². The second kappa shape index (κ2) is 9.87. The lowest BCUT2D eigenvalue weighted by molar-refractivity contribution is 0.0932. The highest BCUT2D eigenvalue weighted by Gasteiger charge is 2.23. The number of benzene rings is 1. The summed E-state index contributed by atoms with van der Waals surface area (Å²) in [7, 11) is 0. The Bertz CT molecular complexity index is 911. The van der Waals surface area contributed by atoms with Crippen LogP contribution >= 0.6 is 15.9 Å². The first-order valence-electron chi connectivity index (χ1n) is 9.53. The van der Waals surface area contributed by atoms with E-state index < -0.39 is 0 Å². The van der Waals surface area contributed by atoms with E-state index in [1.165, 1.54) is 16.8 Å². The molecule has 2 N–H and O–H groups in total. The summed E-state index contributed by atoms with van der Waals surface area (Å²) in [6, 6.07) is 5.97. The Morgan fingerprint density at radius 3 is 2.57 bits per heavy atom. The molecule has 1 heterocycles. The molecule has 2 aromatic rings. The van der Waals surface area contributed by atoms with E-state index in [-0.39, 0.29) is 23.3 Å². The molecule has 1 unspecified atom stereocenters. The zero-order valence-corrected chi connectivity index (χ0v) is 18.3. The summed E-state index contributed by atoms with van der Waals surface area (Å²) < 4.78 is 15.4. The van der Waals surface area contributed by atoms with Gasteiger partial charge in [0.2, 0.25) is 0 Å². The number of pyridine rings is 1. The van der Waals surface area contributed by atoms with Crippen LogP contribution in [0.3, 0.4) is 0 Å². The topological polar surface area (TPSA) is 63.1 Å². The van der Waals surface area contributed by atoms with Crippen molar-refractivity contribution >= 4 is 21.8 Å². The largest absolute Gasteiger partial charge is 0.345 e. The highest BCUT2D eigenvalue weighted by Crippen LogP contribution is 2.23. The summed E-state index contributed by atoms with van der Waals surface area (Å²) in [4.78, 5) is 25.7. The van der Waals surface area contributed by atoms with Gasteiger partial charge in [0.1, 0.15) is 5.82 Å². The smallest absolute Gasteiger partial charge is 0.283 e. The summed E-state index contributed by atoms with van der Waals surface area (Å²) >= 11 is 3.32. The molecule has 0 bridgehead atoms. The number of hydrogen-bond donors (Lipinski definition) is 2. The predicted molar refractivity (Wildman–Crippen MR) is 114 cm³/mol. The second-order valence-corrected chi connectivity index (χ2v) is 7.61. The summed E-state index contributed by atoms with van der Waals surface area (Å²) in [6.45, 7) is 8.11. The molecule has 152 valence electrons. The van der Waals surface area contributed by atoms with Crippen LogP contribution in [0.4, 0.5) is 4.39 Å². The number of aromatic nitrogens is 1. The fourth-order valence-corrected chi connectivity index (χ4v) is 3.59. The molecule has 0 radical (unpaired) electrons. The van der Waals surface area contributed by atoms with Gasteiger partial charge in [0, 0.05) is 6.54 Å². The fraction of sp³-hybridized carbons (Fsp3) is 0.429. The van der Waals surface area contributed by atoms with Gasteiger partial charge in [-0.05, 0) is 65.9 Å². The van der Waals surface area contributed by atoms with Gasteiger partial charge >= 0.3 is 0 Å².